The lowest BCUT2D eigenvalue weighted by atomic mass is 9.82. The zero-order valence-electron chi connectivity index (χ0n) is 20.2. The van der Waals surface area contributed by atoms with Gasteiger partial charge in [0.1, 0.15) is 18.0 Å². The summed E-state index contributed by atoms with van der Waals surface area (Å²) in [6.07, 6.45) is 3.63. The Morgan fingerprint density at radius 1 is 1.12 bits per heavy atom. The number of rotatable bonds is 5. The van der Waals surface area contributed by atoms with E-state index in [4.69, 9.17) is 9.57 Å². The van der Waals surface area contributed by atoms with E-state index in [1.165, 1.54) is 12.1 Å². The molecule has 0 radical (unpaired) electrons. The van der Waals surface area contributed by atoms with Crippen LogP contribution in [0.15, 0.2) is 29.4 Å². The summed E-state index contributed by atoms with van der Waals surface area (Å²) in [4.78, 5) is 22.2. The molecule has 3 rings (SSSR count). The maximum Gasteiger partial charge on any atom is 0.410 e. The largest absolute Gasteiger partial charge is 0.444 e. The molecule has 6 nitrogen and oxygen atoms in total. The summed E-state index contributed by atoms with van der Waals surface area (Å²) in [6, 6.07) is 6.53. The summed E-state index contributed by atoms with van der Waals surface area (Å²) in [6.45, 7) is 13.8. The van der Waals surface area contributed by atoms with Crippen molar-refractivity contribution in [3.63, 3.8) is 0 Å². The minimum absolute atomic E-state index is 0.0799. The van der Waals surface area contributed by atoms with Crippen LogP contribution in [0.3, 0.4) is 0 Å². The molecular formula is C25H38FN3O3. The number of nitrogens with zero attached hydrogens (tertiary/aromatic N) is 3. The predicted octanol–water partition coefficient (Wildman–Crippen LogP) is 5.07. The minimum Gasteiger partial charge on any atom is -0.444 e. The van der Waals surface area contributed by atoms with E-state index >= 15 is 0 Å². The van der Waals surface area contributed by atoms with Crippen molar-refractivity contribution in [2.45, 2.75) is 71.4 Å². The second kappa shape index (κ2) is 10.2. The van der Waals surface area contributed by atoms with Crippen molar-refractivity contribution < 1.29 is 18.8 Å². The number of hydrogen-bond acceptors (Lipinski definition) is 5. The third-order valence-corrected chi connectivity index (χ3v) is 6.57. The normalized spacial score (nSPS) is 20.8. The first-order valence-corrected chi connectivity index (χ1v) is 11.8. The zero-order chi connectivity index (χ0) is 23.4. The first kappa shape index (κ1) is 24.5. The molecule has 2 fully saturated rings. The van der Waals surface area contributed by atoms with E-state index in [9.17, 15) is 9.18 Å². The van der Waals surface area contributed by atoms with Crippen molar-refractivity contribution in [2.24, 2.45) is 11.1 Å². The molecule has 1 aromatic carbocycles. The lowest BCUT2D eigenvalue weighted by Gasteiger charge is -2.49. The molecule has 0 spiro atoms. The highest BCUT2D eigenvalue weighted by Crippen LogP contribution is 2.34. The average Bonchev–Trinajstić information content (AvgIpc) is 2.75. The molecule has 2 aliphatic rings. The van der Waals surface area contributed by atoms with Crippen LogP contribution in [0, 0.1) is 11.7 Å². The van der Waals surface area contributed by atoms with Crippen molar-refractivity contribution >= 4 is 11.8 Å². The lowest BCUT2D eigenvalue weighted by Crippen LogP contribution is -2.57. The van der Waals surface area contributed by atoms with Crippen LogP contribution in [0.1, 0.15) is 65.9 Å². The zero-order valence-corrected chi connectivity index (χ0v) is 20.2. The molecule has 0 N–H and O–H groups in total. The Labute approximate surface area is 191 Å². The summed E-state index contributed by atoms with van der Waals surface area (Å²) < 4.78 is 18.9. The van der Waals surface area contributed by atoms with Gasteiger partial charge in [-0.3, -0.25) is 4.90 Å². The van der Waals surface area contributed by atoms with Crippen LogP contribution >= 0.6 is 0 Å². The van der Waals surface area contributed by atoms with Crippen LogP contribution in [0.2, 0.25) is 0 Å². The Bertz CT molecular complexity index is 788. The first-order valence-electron chi connectivity index (χ1n) is 11.8. The van der Waals surface area contributed by atoms with Gasteiger partial charge < -0.3 is 14.5 Å². The number of oxime groups is 1. The molecule has 0 bridgehead atoms. The second-order valence-electron chi connectivity index (χ2n) is 10.1. The second-order valence-corrected chi connectivity index (χ2v) is 10.1. The molecular weight excluding hydrogens is 409 g/mol. The van der Waals surface area contributed by atoms with Crippen LogP contribution in [0.5, 0.6) is 0 Å². The number of carbonyl (C=O) groups excluding carboxylic acids is 1. The van der Waals surface area contributed by atoms with Gasteiger partial charge in [0.15, 0.2) is 0 Å². The van der Waals surface area contributed by atoms with Crippen LogP contribution < -0.4 is 0 Å². The monoisotopic (exact) mass is 447 g/mol. The smallest absolute Gasteiger partial charge is 0.410 e. The molecule has 2 saturated heterocycles. The van der Waals surface area contributed by atoms with Crippen molar-refractivity contribution in [1.29, 1.82) is 0 Å². The maximum absolute atomic E-state index is 13.4. The van der Waals surface area contributed by atoms with Gasteiger partial charge >= 0.3 is 6.09 Å². The fourth-order valence-corrected chi connectivity index (χ4v) is 4.62. The molecule has 178 valence electrons. The summed E-state index contributed by atoms with van der Waals surface area (Å²) in [5.41, 5.74) is 1.45. The number of carbonyl (C=O) groups is 1. The molecule has 0 saturated carbocycles. The van der Waals surface area contributed by atoms with Crippen LogP contribution in [-0.2, 0) is 9.57 Å². The Morgan fingerprint density at radius 2 is 1.72 bits per heavy atom. The third kappa shape index (κ3) is 6.21. The highest BCUT2D eigenvalue weighted by molar-refractivity contribution is 6.02. The maximum atomic E-state index is 13.4. The lowest BCUT2D eigenvalue weighted by molar-refractivity contribution is -0.00828. The van der Waals surface area contributed by atoms with E-state index in [0.717, 1.165) is 63.1 Å². The van der Waals surface area contributed by atoms with Gasteiger partial charge in [-0.25, -0.2) is 9.18 Å². The summed E-state index contributed by atoms with van der Waals surface area (Å²) in [5, 5.41) is 4.40. The molecule has 0 aromatic heterocycles. The summed E-state index contributed by atoms with van der Waals surface area (Å²) in [7, 11) is 0. The molecule has 0 unspecified atom stereocenters. The average molecular weight is 448 g/mol. The van der Waals surface area contributed by atoms with Crippen molar-refractivity contribution in [3.8, 4) is 0 Å². The van der Waals surface area contributed by atoms with E-state index in [1.54, 1.807) is 12.1 Å². The number of amides is 1. The number of halogens is 1. The SMILES string of the molecule is CCO/N=C(\c1ccc(F)cc1)C1CCN(C2(C)CCN(C(=O)OC(C)(C)C)CC2)CC1. The van der Waals surface area contributed by atoms with E-state index in [-0.39, 0.29) is 23.4 Å². The standard InChI is InChI=1S/C25H38FN3O3/c1-6-31-27-22(19-7-9-21(26)10-8-19)20-11-15-29(16-12-20)25(5)13-17-28(18-14-25)23(30)32-24(2,3)4/h7-10,20H,6,11-18H2,1-5H3/b27-22+. The van der Waals surface area contributed by atoms with Crippen LogP contribution in [-0.4, -0.2) is 65.5 Å². The fraction of sp³-hybridized carbons (Fsp3) is 0.680. The molecule has 0 atom stereocenters. The van der Waals surface area contributed by atoms with E-state index in [0.29, 0.717) is 6.61 Å². The quantitative estimate of drug-likeness (QED) is 0.467. The third-order valence-electron chi connectivity index (χ3n) is 6.57. The van der Waals surface area contributed by atoms with Gasteiger partial charge in [-0.1, -0.05) is 17.3 Å². The Hall–Kier alpha value is -2.15. The Balaban J connectivity index is 1.58. The van der Waals surface area contributed by atoms with Crippen LogP contribution in [0.25, 0.3) is 0 Å². The van der Waals surface area contributed by atoms with Crippen molar-refractivity contribution in [1.82, 2.24) is 9.80 Å². The molecule has 32 heavy (non-hydrogen) atoms. The predicted molar refractivity (Wildman–Crippen MR) is 124 cm³/mol. The van der Waals surface area contributed by atoms with E-state index < -0.39 is 5.60 Å². The van der Waals surface area contributed by atoms with Gasteiger partial charge in [0, 0.05) is 24.5 Å². The molecule has 2 aliphatic heterocycles. The van der Waals surface area contributed by atoms with Gasteiger partial charge in [-0.15, -0.1) is 0 Å². The number of hydrogen-bond donors (Lipinski definition) is 0. The first-order chi connectivity index (χ1) is 15.1. The van der Waals surface area contributed by atoms with Gasteiger partial charge in [0.05, 0.1) is 5.71 Å². The number of ether oxygens (including phenoxy) is 1. The van der Waals surface area contributed by atoms with Crippen LogP contribution in [0.4, 0.5) is 9.18 Å². The summed E-state index contributed by atoms with van der Waals surface area (Å²) in [5.74, 6) is 0.0405. The minimum atomic E-state index is -0.467. The molecule has 1 amide bonds. The summed E-state index contributed by atoms with van der Waals surface area (Å²) >= 11 is 0. The topological polar surface area (TPSA) is 54.4 Å². The molecule has 1 aromatic rings. The van der Waals surface area contributed by atoms with Crippen molar-refractivity contribution in [2.75, 3.05) is 32.8 Å². The number of piperidine rings is 2. The molecule has 7 heteroatoms. The Morgan fingerprint density at radius 3 is 2.25 bits per heavy atom. The van der Waals surface area contributed by atoms with Gasteiger partial charge in [-0.2, -0.15) is 0 Å². The van der Waals surface area contributed by atoms with Crippen molar-refractivity contribution in [3.05, 3.63) is 35.6 Å². The molecule has 2 heterocycles. The van der Waals surface area contributed by atoms with Gasteiger partial charge in [0.25, 0.3) is 0 Å². The van der Waals surface area contributed by atoms with E-state index in [2.05, 4.69) is 17.0 Å². The highest BCUT2D eigenvalue weighted by atomic mass is 19.1. The van der Waals surface area contributed by atoms with E-state index in [1.807, 2.05) is 32.6 Å². The number of benzene rings is 1. The number of likely N-dealkylation sites (tertiary alicyclic amines) is 2. The Kier molecular flexibility index (Phi) is 7.80. The highest BCUT2D eigenvalue weighted by Gasteiger charge is 2.40. The van der Waals surface area contributed by atoms with Gasteiger partial charge in [-0.05, 0) is 91.1 Å². The van der Waals surface area contributed by atoms with Gasteiger partial charge in [0.2, 0.25) is 0 Å². The molecule has 0 aliphatic carbocycles. The fourth-order valence-electron chi connectivity index (χ4n) is 4.62.